The van der Waals surface area contributed by atoms with Gasteiger partial charge in [-0.3, -0.25) is 9.59 Å². The van der Waals surface area contributed by atoms with Crippen molar-refractivity contribution in [3.8, 4) is 0 Å². The molecule has 1 heterocycles. The van der Waals surface area contributed by atoms with Crippen LogP contribution in [0.3, 0.4) is 0 Å². The highest BCUT2D eigenvalue weighted by Crippen LogP contribution is 2.27. The van der Waals surface area contributed by atoms with Crippen LogP contribution in [-0.2, 0) is 26.2 Å². The van der Waals surface area contributed by atoms with Crippen molar-refractivity contribution in [3.63, 3.8) is 0 Å². The quantitative estimate of drug-likeness (QED) is 0.577. The first-order valence-electron chi connectivity index (χ1n) is 10.8. The third kappa shape index (κ3) is 6.31. The van der Waals surface area contributed by atoms with E-state index in [1.165, 1.54) is 23.4 Å². The molecule has 0 spiro atoms. The number of amides is 2. The van der Waals surface area contributed by atoms with Crippen LogP contribution in [-0.4, -0.2) is 43.7 Å². The number of piperidine rings is 1. The van der Waals surface area contributed by atoms with Crippen LogP contribution in [0.1, 0.15) is 36.8 Å². The van der Waals surface area contributed by atoms with E-state index in [0.29, 0.717) is 30.0 Å². The summed E-state index contributed by atoms with van der Waals surface area (Å²) in [5, 5.41) is 5.57. The number of hydrogen-bond donors (Lipinski definition) is 2. The minimum atomic E-state index is -3.80. The smallest absolute Gasteiger partial charge is 0.309 e. The first kappa shape index (κ1) is 25.1. The van der Waals surface area contributed by atoms with Gasteiger partial charge < -0.3 is 10.6 Å². The van der Waals surface area contributed by atoms with Crippen molar-refractivity contribution >= 4 is 33.4 Å². The zero-order valence-electron chi connectivity index (χ0n) is 18.3. The van der Waals surface area contributed by atoms with Crippen LogP contribution in [0.2, 0.25) is 5.02 Å². The van der Waals surface area contributed by atoms with E-state index in [0.717, 1.165) is 18.9 Å². The minimum absolute atomic E-state index is 0.0521. The summed E-state index contributed by atoms with van der Waals surface area (Å²) >= 11 is 6.04. The van der Waals surface area contributed by atoms with E-state index in [2.05, 4.69) is 10.6 Å². The largest absolute Gasteiger partial charge is 0.348 e. The van der Waals surface area contributed by atoms with Gasteiger partial charge in [0.1, 0.15) is 5.82 Å². The summed E-state index contributed by atoms with van der Waals surface area (Å²) in [5.74, 6) is -2.04. The molecule has 2 amide bonds. The maximum absolute atomic E-state index is 13.6. The summed E-state index contributed by atoms with van der Waals surface area (Å²) in [4.78, 5) is 24.3. The Balaban J connectivity index is 1.55. The fourth-order valence-electron chi connectivity index (χ4n) is 3.82. The van der Waals surface area contributed by atoms with Crippen molar-refractivity contribution in [1.82, 2.24) is 14.9 Å². The summed E-state index contributed by atoms with van der Waals surface area (Å²) < 4.78 is 41.3. The molecule has 1 aliphatic heterocycles. The van der Waals surface area contributed by atoms with Crippen LogP contribution in [0, 0.1) is 12.7 Å². The molecule has 2 aromatic carbocycles. The van der Waals surface area contributed by atoms with Gasteiger partial charge in [-0.2, -0.15) is 4.31 Å². The molecule has 2 aromatic rings. The molecule has 2 N–H and O–H groups in total. The average Bonchev–Trinajstić information content (AvgIpc) is 2.80. The third-order valence-corrected chi connectivity index (χ3v) is 7.99. The van der Waals surface area contributed by atoms with Crippen LogP contribution < -0.4 is 10.6 Å². The van der Waals surface area contributed by atoms with E-state index in [4.69, 9.17) is 11.6 Å². The fraction of sp³-hybridized carbons (Fsp3) is 0.391. The van der Waals surface area contributed by atoms with Crippen LogP contribution in [0.25, 0.3) is 0 Å². The molecule has 1 atom stereocenters. The van der Waals surface area contributed by atoms with Gasteiger partial charge in [0.2, 0.25) is 10.0 Å². The van der Waals surface area contributed by atoms with E-state index in [1.54, 1.807) is 24.3 Å². The zero-order chi connectivity index (χ0) is 24.0. The van der Waals surface area contributed by atoms with E-state index in [9.17, 15) is 22.4 Å². The van der Waals surface area contributed by atoms with Gasteiger partial charge in [-0.15, -0.1) is 0 Å². The van der Waals surface area contributed by atoms with Crippen LogP contribution >= 0.6 is 11.6 Å². The first-order chi connectivity index (χ1) is 15.7. The average molecular weight is 496 g/mol. The maximum Gasteiger partial charge on any atom is 0.309 e. The Morgan fingerprint density at radius 1 is 1.12 bits per heavy atom. The lowest BCUT2D eigenvalue weighted by Gasteiger charge is -2.34. The molecular formula is C23H27ClFN3O4S. The van der Waals surface area contributed by atoms with E-state index < -0.39 is 27.7 Å². The van der Waals surface area contributed by atoms with Gasteiger partial charge in [0.25, 0.3) is 0 Å². The Hall–Kier alpha value is -2.49. The number of rotatable bonds is 7. The minimum Gasteiger partial charge on any atom is -0.348 e. The summed E-state index contributed by atoms with van der Waals surface area (Å²) in [6.45, 7) is 2.15. The molecule has 3 rings (SSSR count). The Kier molecular flexibility index (Phi) is 8.45. The summed E-state index contributed by atoms with van der Waals surface area (Å²) in [6, 6.07) is 10.4. The lowest BCUT2D eigenvalue weighted by molar-refractivity contribution is -0.139. The summed E-state index contributed by atoms with van der Waals surface area (Å²) in [7, 11) is -3.80. The molecule has 178 valence electrons. The van der Waals surface area contributed by atoms with Crippen molar-refractivity contribution in [2.45, 2.75) is 50.1 Å². The van der Waals surface area contributed by atoms with Crippen molar-refractivity contribution < 1.29 is 22.4 Å². The molecule has 0 saturated carbocycles. The Bertz CT molecular complexity index is 1130. The Morgan fingerprint density at radius 2 is 1.85 bits per heavy atom. The molecule has 1 saturated heterocycles. The molecule has 1 fully saturated rings. The standard InChI is InChI=1S/C23H27ClFN3O4S/c1-16-14-19(9-10-21(16)25)33(31,32)28-13-5-4-7-18(28)11-12-26-22(29)23(30)27-15-17-6-2-3-8-20(17)24/h2-3,6,8-10,14,18H,4-5,7,11-13,15H2,1H3,(H,26,29)(H,27,30)/t18-/m1/s1. The number of sulfonamides is 1. The number of aryl methyl sites for hydroxylation is 1. The van der Waals surface area contributed by atoms with Gasteiger partial charge >= 0.3 is 11.8 Å². The van der Waals surface area contributed by atoms with Crippen molar-refractivity contribution in [3.05, 3.63) is 64.4 Å². The van der Waals surface area contributed by atoms with Crippen molar-refractivity contribution in [2.24, 2.45) is 0 Å². The van der Waals surface area contributed by atoms with Gasteiger partial charge in [0.15, 0.2) is 0 Å². The van der Waals surface area contributed by atoms with Gasteiger partial charge in [-0.1, -0.05) is 36.2 Å². The highest BCUT2D eigenvalue weighted by molar-refractivity contribution is 7.89. The lowest BCUT2D eigenvalue weighted by Crippen LogP contribution is -2.46. The lowest BCUT2D eigenvalue weighted by atomic mass is 10.0. The van der Waals surface area contributed by atoms with Crippen molar-refractivity contribution in [1.29, 1.82) is 0 Å². The third-order valence-electron chi connectivity index (χ3n) is 5.68. The first-order valence-corrected chi connectivity index (χ1v) is 12.6. The second-order valence-electron chi connectivity index (χ2n) is 8.00. The molecule has 0 aromatic heterocycles. The van der Waals surface area contributed by atoms with Crippen LogP contribution in [0.5, 0.6) is 0 Å². The predicted octanol–water partition coefficient (Wildman–Crippen LogP) is 3.15. The molecular weight excluding hydrogens is 469 g/mol. The van der Waals surface area contributed by atoms with Crippen LogP contribution in [0.15, 0.2) is 47.4 Å². The number of nitrogens with zero attached hydrogens (tertiary/aromatic N) is 1. The monoisotopic (exact) mass is 495 g/mol. The molecule has 0 radical (unpaired) electrons. The van der Waals surface area contributed by atoms with Gasteiger partial charge in [-0.05, 0) is 61.6 Å². The molecule has 10 heteroatoms. The second-order valence-corrected chi connectivity index (χ2v) is 10.3. The number of hydrogen-bond acceptors (Lipinski definition) is 4. The van der Waals surface area contributed by atoms with Crippen molar-refractivity contribution in [2.75, 3.05) is 13.1 Å². The molecule has 1 aliphatic rings. The van der Waals surface area contributed by atoms with E-state index in [1.807, 2.05) is 0 Å². The SMILES string of the molecule is Cc1cc(S(=O)(=O)N2CCCC[C@@H]2CCNC(=O)C(=O)NCc2ccccc2Cl)ccc1F. The predicted molar refractivity (Wildman–Crippen MR) is 124 cm³/mol. The number of benzene rings is 2. The highest BCUT2D eigenvalue weighted by atomic mass is 35.5. The van der Waals surface area contributed by atoms with Crippen LogP contribution in [0.4, 0.5) is 4.39 Å². The second kappa shape index (κ2) is 11.1. The maximum atomic E-state index is 13.6. The topological polar surface area (TPSA) is 95.6 Å². The zero-order valence-corrected chi connectivity index (χ0v) is 19.9. The molecule has 33 heavy (non-hydrogen) atoms. The fourth-order valence-corrected chi connectivity index (χ4v) is 5.83. The Morgan fingerprint density at radius 3 is 2.58 bits per heavy atom. The number of carbonyl (C=O) groups is 2. The molecule has 0 bridgehead atoms. The Labute approximate surface area is 198 Å². The molecule has 0 unspecified atom stereocenters. The normalized spacial score (nSPS) is 16.9. The molecule has 0 aliphatic carbocycles. The summed E-state index contributed by atoms with van der Waals surface area (Å²) in [6.07, 6.45) is 2.61. The summed E-state index contributed by atoms with van der Waals surface area (Å²) in [5.41, 5.74) is 0.958. The highest BCUT2D eigenvalue weighted by Gasteiger charge is 2.33. The van der Waals surface area contributed by atoms with Gasteiger partial charge in [-0.25, -0.2) is 12.8 Å². The van der Waals surface area contributed by atoms with E-state index in [-0.39, 0.29) is 29.6 Å². The number of carbonyl (C=O) groups excluding carboxylic acids is 2. The molecule has 7 nitrogen and oxygen atoms in total. The van der Waals surface area contributed by atoms with E-state index >= 15 is 0 Å². The number of nitrogens with one attached hydrogen (secondary N) is 2. The number of halogens is 2. The van der Waals surface area contributed by atoms with Gasteiger partial charge in [0, 0.05) is 30.7 Å². The van der Waals surface area contributed by atoms with Gasteiger partial charge in [0.05, 0.1) is 4.90 Å².